The molecule has 0 bridgehead atoms. The third kappa shape index (κ3) is 12.7. The molecule has 0 heterocycles. The third-order valence-corrected chi connectivity index (χ3v) is 3.79. The smallest absolute Gasteiger partial charge is 0.190 e. The van der Waals surface area contributed by atoms with E-state index in [0.717, 1.165) is 44.9 Å². The average molecular weight is 439 g/mol. The number of rotatable bonds is 11. The van der Waals surface area contributed by atoms with Gasteiger partial charge >= 0.3 is 0 Å². The minimum atomic E-state index is 0. The normalized spacial score (nSPS) is 14.9. The van der Waals surface area contributed by atoms with Crippen LogP contribution in [0, 0.1) is 0 Å². The number of unbranched alkanes of at least 4 members (excludes halogenated alkanes) is 1. The van der Waals surface area contributed by atoms with Gasteiger partial charge in [-0.1, -0.05) is 11.6 Å². The lowest BCUT2D eigenvalue weighted by atomic mass is 9.97. The van der Waals surface area contributed by atoms with Crippen LogP contribution in [-0.2, 0) is 9.47 Å². The highest BCUT2D eigenvalue weighted by Crippen LogP contribution is 2.19. The van der Waals surface area contributed by atoms with Crippen LogP contribution in [0.1, 0.15) is 44.9 Å². The first-order valence-electron chi connectivity index (χ1n) is 8.56. The fraction of sp³-hybridized carbons (Fsp3) is 0.824. The van der Waals surface area contributed by atoms with Crippen molar-refractivity contribution in [3.8, 4) is 0 Å². The van der Waals surface area contributed by atoms with Crippen molar-refractivity contribution in [1.82, 2.24) is 10.6 Å². The van der Waals surface area contributed by atoms with E-state index in [0.29, 0.717) is 13.2 Å². The van der Waals surface area contributed by atoms with Crippen LogP contribution in [-0.4, -0.2) is 53.0 Å². The summed E-state index contributed by atoms with van der Waals surface area (Å²) >= 11 is 0. The Morgan fingerprint density at radius 2 is 1.96 bits per heavy atom. The van der Waals surface area contributed by atoms with E-state index in [2.05, 4.69) is 21.7 Å². The van der Waals surface area contributed by atoms with E-state index >= 15 is 0 Å². The van der Waals surface area contributed by atoms with Gasteiger partial charge in [0.2, 0.25) is 0 Å². The summed E-state index contributed by atoms with van der Waals surface area (Å²) in [5.74, 6) is 0.900. The number of hydrogen-bond donors (Lipinski definition) is 2. The zero-order valence-electron chi connectivity index (χ0n) is 14.7. The number of hydrogen-bond acceptors (Lipinski definition) is 3. The van der Waals surface area contributed by atoms with Gasteiger partial charge in [-0.25, -0.2) is 0 Å². The molecule has 0 unspecified atom stereocenters. The molecular weight excluding hydrogens is 405 g/mol. The first kappa shape index (κ1) is 22.7. The van der Waals surface area contributed by atoms with Crippen molar-refractivity contribution < 1.29 is 9.47 Å². The summed E-state index contributed by atoms with van der Waals surface area (Å²) in [7, 11) is 3.51. The number of aliphatic imine (C=N–C) groups is 1. The molecule has 1 aliphatic rings. The molecule has 23 heavy (non-hydrogen) atoms. The van der Waals surface area contributed by atoms with Crippen molar-refractivity contribution in [1.29, 1.82) is 0 Å². The van der Waals surface area contributed by atoms with E-state index in [1.165, 1.54) is 25.7 Å². The third-order valence-electron chi connectivity index (χ3n) is 3.79. The van der Waals surface area contributed by atoms with Gasteiger partial charge in [0, 0.05) is 33.9 Å². The molecule has 0 aliphatic heterocycles. The topological polar surface area (TPSA) is 54.9 Å². The molecule has 0 aromatic heterocycles. The van der Waals surface area contributed by atoms with Crippen LogP contribution in [0.3, 0.4) is 0 Å². The Kier molecular flexibility index (Phi) is 16.3. The Labute approximate surface area is 158 Å². The van der Waals surface area contributed by atoms with E-state index in [1.807, 2.05) is 7.05 Å². The second-order valence-corrected chi connectivity index (χ2v) is 5.60. The first-order valence-corrected chi connectivity index (χ1v) is 8.56. The molecule has 6 heteroatoms. The number of nitrogens with one attached hydrogen (secondary N) is 2. The number of guanidine groups is 1. The Morgan fingerprint density at radius 1 is 1.13 bits per heavy atom. The molecule has 0 saturated heterocycles. The fourth-order valence-electron chi connectivity index (χ4n) is 2.47. The lowest BCUT2D eigenvalue weighted by molar-refractivity contribution is 0.0689. The molecular formula is C17H34IN3O2. The summed E-state index contributed by atoms with van der Waals surface area (Å²) in [4.78, 5) is 4.26. The van der Waals surface area contributed by atoms with Crippen molar-refractivity contribution in [2.24, 2.45) is 4.99 Å². The Morgan fingerprint density at radius 3 is 2.65 bits per heavy atom. The molecule has 0 saturated carbocycles. The Balaban J connectivity index is 0.00000484. The summed E-state index contributed by atoms with van der Waals surface area (Å²) in [5.41, 5.74) is 1.60. The Hall–Kier alpha value is -0.340. The summed E-state index contributed by atoms with van der Waals surface area (Å²) < 4.78 is 10.4. The molecule has 0 aromatic rings. The predicted octanol–water partition coefficient (Wildman–Crippen LogP) is 3.10. The molecule has 0 radical (unpaired) electrons. The molecule has 136 valence electrons. The molecule has 2 N–H and O–H groups in total. The van der Waals surface area contributed by atoms with Gasteiger partial charge in [0.25, 0.3) is 0 Å². The number of methoxy groups -OCH3 is 1. The molecule has 0 atom stereocenters. The van der Waals surface area contributed by atoms with Gasteiger partial charge in [-0.3, -0.25) is 4.99 Å². The van der Waals surface area contributed by atoms with Gasteiger partial charge in [-0.05, 0) is 44.9 Å². The van der Waals surface area contributed by atoms with Crippen molar-refractivity contribution >= 4 is 29.9 Å². The van der Waals surface area contributed by atoms with Crippen LogP contribution in [0.4, 0.5) is 0 Å². The van der Waals surface area contributed by atoms with Gasteiger partial charge in [0.05, 0.1) is 13.2 Å². The first-order chi connectivity index (χ1) is 10.9. The minimum Gasteiger partial charge on any atom is -0.382 e. The average Bonchev–Trinajstić information content (AvgIpc) is 2.56. The van der Waals surface area contributed by atoms with Crippen molar-refractivity contribution in [3.63, 3.8) is 0 Å². The van der Waals surface area contributed by atoms with Crippen molar-refractivity contribution in [3.05, 3.63) is 11.6 Å². The quantitative estimate of drug-likeness (QED) is 0.171. The van der Waals surface area contributed by atoms with E-state index < -0.39 is 0 Å². The van der Waals surface area contributed by atoms with E-state index in [1.54, 1.807) is 12.7 Å². The standard InChI is InChI=1S/C17H33N3O2.HI/c1-18-17(19-11-6-7-13-22-15-14-21-2)20-12-10-16-8-4-3-5-9-16;/h8H,3-7,9-15H2,1-2H3,(H2,18,19,20);1H. The number of halogens is 1. The zero-order chi connectivity index (χ0) is 15.9. The van der Waals surface area contributed by atoms with Gasteiger partial charge in [-0.15, -0.1) is 24.0 Å². The van der Waals surface area contributed by atoms with E-state index in [4.69, 9.17) is 9.47 Å². The molecule has 1 rings (SSSR count). The van der Waals surface area contributed by atoms with Crippen LogP contribution >= 0.6 is 24.0 Å². The van der Waals surface area contributed by atoms with Gasteiger partial charge in [0.1, 0.15) is 0 Å². The lowest BCUT2D eigenvalue weighted by Crippen LogP contribution is -2.38. The van der Waals surface area contributed by atoms with Crippen molar-refractivity contribution in [2.75, 3.05) is 47.1 Å². The van der Waals surface area contributed by atoms with Crippen LogP contribution in [0.25, 0.3) is 0 Å². The molecule has 0 fully saturated rings. The summed E-state index contributed by atoms with van der Waals surface area (Å²) in [6.45, 7) is 4.04. The lowest BCUT2D eigenvalue weighted by Gasteiger charge is -2.15. The summed E-state index contributed by atoms with van der Waals surface area (Å²) in [6, 6.07) is 0. The van der Waals surface area contributed by atoms with Crippen LogP contribution < -0.4 is 10.6 Å². The van der Waals surface area contributed by atoms with Crippen LogP contribution in [0.2, 0.25) is 0 Å². The molecule has 0 amide bonds. The highest BCUT2D eigenvalue weighted by Gasteiger charge is 2.03. The molecule has 0 spiro atoms. The Bertz CT molecular complexity index is 336. The molecule has 0 aromatic carbocycles. The van der Waals surface area contributed by atoms with Gasteiger partial charge in [-0.2, -0.15) is 0 Å². The maximum Gasteiger partial charge on any atom is 0.190 e. The zero-order valence-corrected chi connectivity index (χ0v) is 17.1. The van der Waals surface area contributed by atoms with Crippen molar-refractivity contribution in [2.45, 2.75) is 44.9 Å². The van der Waals surface area contributed by atoms with E-state index in [9.17, 15) is 0 Å². The minimum absolute atomic E-state index is 0. The fourth-order valence-corrected chi connectivity index (χ4v) is 2.47. The van der Waals surface area contributed by atoms with Gasteiger partial charge < -0.3 is 20.1 Å². The second-order valence-electron chi connectivity index (χ2n) is 5.60. The van der Waals surface area contributed by atoms with Crippen LogP contribution in [0.5, 0.6) is 0 Å². The monoisotopic (exact) mass is 439 g/mol. The highest BCUT2D eigenvalue weighted by atomic mass is 127. The summed E-state index contributed by atoms with van der Waals surface area (Å²) in [6.07, 6.45) is 10.9. The second kappa shape index (κ2) is 16.5. The highest BCUT2D eigenvalue weighted by molar-refractivity contribution is 14.0. The number of allylic oxidation sites excluding steroid dienone is 1. The van der Waals surface area contributed by atoms with E-state index in [-0.39, 0.29) is 24.0 Å². The van der Waals surface area contributed by atoms with Crippen LogP contribution in [0.15, 0.2) is 16.6 Å². The largest absolute Gasteiger partial charge is 0.382 e. The molecule has 5 nitrogen and oxygen atoms in total. The summed E-state index contributed by atoms with van der Waals surface area (Å²) in [5, 5.41) is 6.73. The maximum atomic E-state index is 5.43. The number of nitrogens with zero attached hydrogens (tertiary/aromatic N) is 1. The predicted molar refractivity (Wildman–Crippen MR) is 108 cm³/mol. The molecule has 1 aliphatic carbocycles. The maximum absolute atomic E-state index is 5.43. The number of ether oxygens (including phenoxy) is 2. The van der Waals surface area contributed by atoms with Gasteiger partial charge in [0.15, 0.2) is 5.96 Å². The SMILES string of the molecule is CN=C(NCCCCOCCOC)NCCC1=CCCCC1.I.